The van der Waals surface area contributed by atoms with E-state index in [9.17, 15) is 9.90 Å². The average Bonchev–Trinajstić information content (AvgIpc) is 3.09. The van der Waals surface area contributed by atoms with Gasteiger partial charge in [-0.15, -0.1) is 0 Å². The van der Waals surface area contributed by atoms with Gasteiger partial charge in [0.25, 0.3) is 0 Å². The summed E-state index contributed by atoms with van der Waals surface area (Å²) in [6.45, 7) is 1.81. The zero-order chi connectivity index (χ0) is 19.8. The maximum atomic E-state index is 11.5. The van der Waals surface area contributed by atoms with Gasteiger partial charge in [0.2, 0.25) is 0 Å². The van der Waals surface area contributed by atoms with Crippen molar-refractivity contribution in [2.75, 3.05) is 23.4 Å². The van der Waals surface area contributed by atoms with Crippen LogP contribution in [-0.2, 0) is 6.61 Å². The number of hydrogen-bond donors (Lipinski definition) is 2. The molecule has 2 aliphatic heterocycles. The molecule has 3 aromatic rings. The number of nitrogens with zero attached hydrogens (tertiary/aromatic N) is 2. The number of anilines is 2. The molecule has 0 spiro atoms. The molecule has 2 aliphatic rings. The first kappa shape index (κ1) is 17.3. The van der Waals surface area contributed by atoms with Gasteiger partial charge in [-0.1, -0.05) is 30.3 Å². The van der Waals surface area contributed by atoms with Crippen LogP contribution in [0.5, 0.6) is 5.75 Å². The minimum atomic E-state index is -0.951. The van der Waals surface area contributed by atoms with Crippen LogP contribution < -0.4 is 15.0 Å². The van der Waals surface area contributed by atoms with Crippen LogP contribution in [-0.4, -0.2) is 29.3 Å². The molecule has 2 aromatic carbocycles. The summed E-state index contributed by atoms with van der Waals surface area (Å²) < 4.78 is 6.00. The number of carbonyl (C=O) groups is 1. The summed E-state index contributed by atoms with van der Waals surface area (Å²) in [6, 6.07) is 15.1. The lowest BCUT2D eigenvalue weighted by atomic mass is 9.93. The lowest BCUT2D eigenvalue weighted by Gasteiger charge is -2.17. The van der Waals surface area contributed by atoms with E-state index in [1.54, 1.807) is 24.4 Å². The monoisotopic (exact) mass is 385 g/mol. The Balaban J connectivity index is 1.60. The highest BCUT2D eigenvalue weighted by molar-refractivity contribution is 5.92. The first-order valence-corrected chi connectivity index (χ1v) is 9.42. The molecule has 144 valence electrons. The molecule has 0 aliphatic carbocycles. The Hall–Kier alpha value is -3.80. The summed E-state index contributed by atoms with van der Waals surface area (Å²) in [5.74, 6) is -0.257. The molecule has 0 saturated heterocycles. The number of hydrogen-bond acceptors (Lipinski definition) is 5. The average molecular weight is 385 g/mol. The number of benzene rings is 2. The van der Waals surface area contributed by atoms with Crippen molar-refractivity contribution in [3.05, 3.63) is 89.3 Å². The maximum absolute atomic E-state index is 11.5. The van der Waals surface area contributed by atoms with Crippen molar-refractivity contribution in [2.45, 2.75) is 6.61 Å². The normalized spacial score (nSPS) is 15.6. The first-order chi connectivity index (χ1) is 14.2. The van der Waals surface area contributed by atoms with Gasteiger partial charge in [-0.25, -0.2) is 4.79 Å². The number of nitrogens with one attached hydrogen (secondary N) is 1. The number of aromatic nitrogens is 1. The molecule has 0 atom stereocenters. The minimum absolute atomic E-state index is 0.245. The van der Waals surface area contributed by atoms with Crippen LogP contribution in [0.4, 0.5) is 11.4 Å². The molecule has 3 heterocycles. The Morgan fingerprint density at radius 3 is 3.00 bits per heavy atom. The molecule has 1 aromatic heterocycles. The van der Waals surface area contributed by atoms with E-state index in [0.29, 0.717) is 25.6 Å². The SMILES string of the molecule is O=C(O)c1ccc2c(c1)C(=CCN1CNc3ccncc31)c1ccccc1CO2. The standard InChI is InChI=1S/C23H19N3O3/c27-23(28)15-5-6-22-19(11-15)18(17-4-2-1-3-16(17)13-29-22)8-10-26-14-25-20-7-9-24-12-21(20)26/h1-9,11-12,25H,10,13-14H2,(H,27,28). The molecular weight excluding hydrogens is 366 g/mol. The number of ether oxygens (including phenoxy) is 1. The van der Waals surface area contributed by atoms with Crippen LogP contribution in [0, 0.1) is 0 Å². The van der Waals surface area contributed by atoms with Crippen molar-refractivity contribution in [1.82, 2.24) is 4.98 Å². The van der Waals surface area contributed by atoms with Crippen LogP contribution in [0.1, 0.15) is 27.0 Å². The Bertz CT molecular complexity index is 1140. The molecule has 0 bridgehead atoms. The summed E-state index contributed by atoms with van der Waals surface area (Å²) in [5.41, 5.74) is 6.29. The highest BCUT2D eigenvalue weighted by Gasteiger charge is 2.22. The van der Waals surface area contributed by atoms with Crippen molar-refractivity contribution in [3.63, 3.8) is 0 Å². The van der Waals surface area contributed by atoms with E-state index in [-0.39, 0.29) is 5.56 Å². The van der Waals surface area contributed by atoms with Gasteiger partial charge in [0.15, 0.2) is 0 Å². The van der Waals surface area contributed by atoms with E-state index in [2.05, 4.69) is 27.3 Å². The molecule has 6 heteroatoms. The molecule has 2 N–H and O–H groups in total. The van der Waals surface area contributed by atoms with Gasteiger partial charge in [0.1, 0.15) is 12.4 Å². The summed E-state index contributed by atoms with van der Waals surface area (Å²) in [4.78, 5) is 18.0. The Kier molecular flexibility index (Phi) is 4.17. The first-order valence-electron chi connectivity index (χ1n) is 9.42. The van der Waals surface area contributed by atoms with E-state index in [4.69, 9.17) is 4.74 Å². The molecule has 0 amide bonds. The molecule has 6 nitrogen and oxygen atoms in total. The van der Waals surface area contributed by atoms with Crippen LogP contribution in [0.3, 0.4) is 0 Å². The number of aromatic carboxylic acids is 1. The van der Waals surface area contributed by atoms with Gasteiger partial charge in [-0.2, -0.15) is 0 Å². The van der Waals surface area contributed by atoms with Crippen molar-refractivity contribution < 1.29 is 14.6 Å². The Labute approximate surface area is 168 Å². The molecule has 0 fully saturated rings. The summed E-state index contributed by atoms with van der Waals surface area (Å²) in [7, 11) is 0. The van der Waals surface area contributed by atoms with E-state index < -0.39 is 5.97 Å². The molecule has 29 heavy (non-hydrogen) atoms. The van der Waals surface area contributed by atoms with Crippen LogP contribution in [0.15, 0.2) is 67.0 Å². The van der Waals surface area contributed by atoms with Crippen molar-refractivity contribution >= 4 is 22.9 Å². The fourth-order valence-corrected chi connectivity index (χ4v) is 3.85. The van der Waals surface area contributed by atoms with E-state index in [1.807, 2.05) is 30.5 Å². The smallest absolute Gasteiger partial charge is 0.335 e. The highest BCUT2D eigenvalue weighted by atomic mass is 16.5. The third-order valence-electron chi connectivity index (χ3n) is 5.32. The second-order valence-electron chi connectivity index (χ2n) is 7.03. The lowest BCUT2D eigenvalue weighted by Crippen LogP contribution is -2.23. The fourth-order valence-electron chi connectivity index (χ4n) is 3.85. The number of rotatable bonds is 3. The largest absolute Gasteiger partial charge is 0.488 e. The number of carboxylic acid groups (broad SMARTS) is 1. The summed E-state index contributed by atoms with van der Waals surface area (Å²) >= 11 is 0. The topological polar surface area (TPSA) is 74.7 Å². The Morgan fingerprint density at radius 2 is 2.10 bits per heavy atom. The summed E-state index contributed by atoms with van der Waals surface area (Å²) in [5, 5.41) is 12.8. The van der Waals surface area contributed by atoms with Crippen LogP contribution in [0.2, 0.25) is 0 Å². The van der Waals surface area contributed by atoms with Crippen LogP contribution in [0.25, 0.3) is 5.57 Å². The number of pyridine rings is 1. The van der Waals surface area contributed by atoms with Crippen LogP contribution >= 0.6 is 0 Å². The number of carboxylic acids is 1. The number of fused-ring (bicyclic) bond motifs is 3. The van der Waals surface area contributed by atoms with E-state index in [0.717, 1.165) is 33.6 Å². The maximum Gasteiger partial charge on any atom is 0.335 e. The van der Waals surface area contributed by atoms with Gasteiger partial charge < -0.3 is 20.1 Å². The lowest BCUT2D eigenvalue weighted by molar-refractivity contribution is 0.0697. The van der Waals surface area contributed by atoms with Crippen molar-refractivity contribution in [3.8, 4) is 5.75 Å². The third kappa shape index (κ3) is 3.08. The second-order valence-corrected chi connectivity index (χ2v) is 7.03. The fraction of sp³-hybridized carbons (Fsp3) is 0.130. The molecule has 0 radical (unpaired) electrons. The van der Waals surface area contributed by atoms with Gasteiger partial charge in [-0.3, -0.25) is 4.98 Å². The third-order valence-corrected chi connectivity index (χ3v) is 5.32. The Morgan fingerprint density at radius 1 is 1.21 bits per heavy atom. The predicted octanol–water partition coefficient (Wildman–Crippen LogP) is 3.99. The predicted molar refractivity (Wildman–Crippen MR) is 111 cm³/mol. The minimum Gasteiger partial charge on any atom is -0.488 e. The van der Waals surface area contributed by atoms with Crippen molar-refractivity contribution in [2.24, 2.45) is 0 Å². The highest BCUT2D eigenvalue weighted by Crippen LogP contribution is 2.38. The van der Waals surface area contributed by atoms with Gasteiger partial charge in [-0.05, 0) is 41.0 Å². The summed E-state index contributed by atoms with van der Waals surface area (Å²) in [6.07, 6.45) is 5.77. The molecule has 0 saturated carbocycles. The van der Waals surface area contributed by atoms with Gasteiger partial charge in [0, 0.05) is 18.3 Å². The quantitative estimate of drug-likeness (QED) is 0.710. The zero-order valence-electron chi connectivity index (χ0n) is 15.6. The molecule has 0 unspecified atom stereocenters. The van der Waals surface area contributed by atoms with E-state index >= 15 is 0 Å². The van der Waals surface area contributed by atoms with E-state index in [1.165, 1.54) is 0 Å². The molecular formula is C23H19N3O3. The zero-order valence-corrected chi connectivity index (χ0v) is 15.6. The van der Waals surface area contributed by atoms with Crippen molar-refractivity contribution in [1.29, 1.82) is 0 Å². The molecule has 5 rings (SSSR count). The van der Waals surface area contributed by atoms with Gasteiger partial charge >= 0.3 is 5.97 Å². The van der Waals surface area contributed by atoms with Gasteiger partial charge in [0.05, 0.1) is 29.8 Å². The second kappa shape index (κ2) is 6.98.